The average molecular weight is 327 g/mol. The van der Waals surface area contributed by atoms with E-state index in [1.807, 2.05) is 0 Å². The summed E-state index contributed by atoms with van der Waals surface area (Å²) < 4.78 is 41.3. The standard InChI is InChI=1S/C16H16F3NO3/c17-11-2-1-3-12(6-11)20-5-4-15(14(20)23)7-10(13(21)22)8-16(18,19)9-15/h1-3,6,10H,4-5,7-9H2,(H,21,22)/t10-,15+/m1/s1. The lowest BCUT2D eigenvalue weighted by Gasteiger charge is -2.39. The van der Waals surface area contributed by atoms with Crippen molar-refractivity contribution in [2.75, 3.05) is 11.4 Å². The number of amides is 1. The van der Waals surface area contributed by atoms with Crippen molar-refractivity contribution in [3.05, 3.63) is 30.1 Å². The van der Waals surface area contributed by atoms with Gasteiger partial charge >= 0.3 is 5.97 Å². The molecule has 1 saturated heterocycles. The Bertz CT molecular complexity index is 664. The number of alkyl halides is 2. The van der Waals surface area contributed by atoms with Crippen LogP contribution in [-0.4, -0.2) is 29.5 Å². The highest BCUT2D eigenvalue weighted by atomic mass is 19.3. The molecule has 4 nitrogen and oxygen atoms in total. The first kappa shape index (κ1) is 15.8. The normalized spacial score (nSPS) is 30.0. The van der Waals surface area contributed by atoms with E-state index in [9.17, 15) is 22.8 Å². The lowest BCUT2D eigenvalue weighted by molar-refractivity contribution is -0.160. The van der Waals surface area contributed by atoms with Crippen LogP contribution in [-0.2, 0) is 9.59 Å². The molecule has 2 aliphatic rings. The number of hydrogen-bond acceptors (Lipinski definition) is 2. The molecule has 0 radical (unpaired) electrons. The van der Waals surface area contributed by atoms with Gasteiger partial charge in [0.25, 0.3) is 0 Å². The first-order chi connectivity index (χ1) is 10.7. The van der Waals surface area contributed by atoms with Crippen LogP contribution in [0, 0.1) is 17.2 Å². The Morgan fingerprint density at radius 3 is 2.70 bits per heavy atom. The molecule has 0 bridgehead atoms. The molecule has 1 aliphatic carbocycles. The molecule has 1 aromatic carbocycles. The molecule has 2 fully saturated rings. The molecule has 1 aromatic rings. The second-order valence-corrected chi connectivity index (χ2v) is 6.44. The number of carboxylic acids is 1. The first-order valence-corrected chi connectivity index (χ1v) is 7.41. The fourth-order valence-corrected chi connectivity index (χ4v) is 3.78. The summed E-state index contributed by atoms with van der Waals surface area (Å²) in [6.45, 7) is 0.185. The number of carboxylic acid groups (broad SMARTS) is 1. The average Bonchev–Trinajstić information content (AvgIpc) is 2.74. The van der Waals surface area contributed by atoms with Gasteiger partial charge < -0.3 is 10.0 Å². The van der Waals surface area contributed by atoms with E-state index in [0.717, 1.165) is 0 Å². The van der Waals surface area contributed by atoms with Gasteiger partial charge in [-0.05, 0) is 31.0 Å². The largest absolute Gasteiger partial charge is 0.481 e. The Hall–Kier alpha value is -2.05. The Balaban J connectivity index is 1.91. The molecule has 1 spiro atoms. The van der Waals surface area contributed by atoms with E-state index in [4.69, 9.17) is 5.11 Å². The number of halogens is 3. The number of carbonyl (C=O) groups excluding carboxylic acids is 1. The Kier molecular flexibility index (Phi) is 3.61. The zero-order valence-electron chi connectivity index (χ0n) is 12.3. The van der Waals surface area contributed by atoms with Crippen LogP contribution in [0.2, 0.25) is 0 Å². The minimum atomic E-state index is -3.19. The Morgan fingerprint density at radius 1 is 1.30 bits per heavy atom. The zero-order chi connectivity index (χ0) is 16.8. The summed E-state index contributed by atoms with van der Waals surface area (Å²) in [4.78, 5) is 25.2. The molecule has 0 aromatic heterocycles. The molecule has 1 aliphatic heterocycles. The van der Waals surface area contributed by atoms with E-state index in [1.54, 1.807) is 0 Å². The molecule has 2 atom stereocenters. The fraction of sp³-hybridized carbons (Fsp3) is 0.500. The molecule has 1 N–H and O–H groups in total. The van der Waals surface area contributed by atoms with Gasteiger partial charge in [0.05, 0.1) is 11.3 Å². The van der Waals surface area contributed by atoms with E-state index in [2.05, 4.69) is 0 Å². The van der Waals surface area contributed by atoms with E-state index < -0.39 is 47.8 Å². The van der Waals surface area contributed by atoms with Crippen molar-refractivity contribution >= 4 is 17.6 Å². The highest BCUT2D eigenvalue weighted by molar-refractivity contribution is 6.00. The summed E-state index contributed by atoms with van der Waals surface area (Å²) in [5.74, 6) is -6.78. The Morgan fingerprint density at radius 2 is 2.04 bits per heavy atom. The highest BCUT2D eigenvalue weighted by Gasteiger charge is 2.58. The third-order valence-corrected chi connectivity index (χ3v) is 4.76. The molecule has 124 valence electrons. The van der Waals surface area contributed by atoms with Gasteiger partial charge in [0, 0.05) is 25.1 Å². The van der Waals surface area contributed by atoms with Crippen LogP contribution in [0.25, 0.3) is 0 Å². The minimum Gasteiger partial charge on any atom is -0.481 e. The lowest BCUT2D eigenvalue weighted by Crippen LogP contribution is -2.46. The van der Waals surface area contributed by atoms with Gasteiger partial charge in [0.1, 0.15) is 5.82 Å². The van der Waals surface area contributed by atoms with Crippen molar-refractivity contribution in [1.29, 1.82) is 0 Å². The van der Waals surface area contributed by atoms with Gasteiger partial charge in [-0.15, -0.1) is 0 Å². The van der Waals surface area contributed by atoms with Crippen LogP contribution in [0.15, 0.2) is 24.3 Å². The van der Waals surface area contributed by atoms with Crippen LogP contribution in [0.5, 0.6) is 0 Å². The number of aliphatic carboxylic acids is 1. The van der Waals surface area contributed by atoms with Crippen molar-refractivity contribution < 1.29 is 27.9 Å². The molecular weight excluding hydrogens is 311 g/mol. The number of carbonyl (C=O) groups is 2. The Labute approximate surface area is 130 Å². The van der Waals surface area contributed by atoms with Crippen molar-refractivity contribution in [1.82, 2.24) is 0 Å². The monoisotopic (exact) mass is 327 g/mol. The van der Waals surface area contributed by atoms with Crippen LogP contribution in [0.3, 0.4) is 0 Å². The van der Waals surface area contributed by atoms with Crippen LogP contribution >= 0.6 is 0 Å². The molecule has 7 heteroatoms. The van der Waals surface area contributed by atoms with Crippen molar-refractivity contribution in [2.24, 2.45) is 11.3 Å². The predicted molar refractivity (Wildman–Crippen MR) is 75.7 cm³/mol. The minimum absolute atomic E-state index is 0.0947. The van der Waals surface area contributed by atoms with E-state index in [1.165, 1.54) is 29.2 Å². The molecule has 1 amide bonds. The maximum Gasteiger partial charge on any atom is 0.306 e. The third kappa shape index (κ3) is 2.80. The number of anilines is 1. The van der Waals surface area contributed by atoms with Gasteiger partial charge in [0.15, 0.2) is 0 Å². The summed E-state index contributed by atoms with van der Waals surface area (Å²) in [6, 6.07) is 5.38. The van der Waals surface area contributed by atoms with E-state index >= 15 is 0 Å². The third-order valence-electron chi connectivity index (χ3n) is 4.76. The van der Waals surface area contributed by atoms with Gasteiger partial charge in [-0.3, -0.25) is 9.59 Å². The summed E-state index contributed by atoms with van der Waals surface area (Å²) >= 11 is 0. The molecule has 3 rings (SSSR count). The quantitative estimate of drug-likeness (QED) is 0.908. The summed E-state index contributed by atoms with van der Waals surface area (Å²) in [5, 5.41) is 9.11. The van der Waals surface area contributed by atoms with Gasteiger partial charge in [-0.1, -0.05) is 6.07 Å². The highest BCUT2D eigenvalue weighted by Crippen LogP contribution is 2.53. The number of benzene rings is 1. The number of hydrogen-bond donors (Lipinski definition) is 1. The summed E-state index contributed by atoms with van der Waals surface area (Å²) in [6.07, 6.45) is -1.32. The smallest absolute Gasteiger partial charge is 0.306 e. The second kappa shape index (κ2) is 5.25. The van der Waals surface area contributed by atoms with Crippen LogP contribution in [0.4, 0.5) is 18.9 Å². The molecule has 1 saturated carbocycles. The van der Waals surface area contributed by atoms with Crippen LogP contribution < -0.4 is 4.90 Å². The maximum atomic E-state index is 14.0. The van der Waals surface area contributed by atoms with Crippen molar-refractivity contribution in [3.8, 4) is 0 Å². The van der Waals surface area contributed by atoms with Gasteiger partial charge in [-0.2, -0.15) is 0 Å². The summed E-state index contributed by atoms with van der Waals surface area (Å²) in [7, 11) is 0. The molecular formula is C16H16F3NO3. The summed E-state index contributed by atoms with van der Waals surface area (Å²) in [5.41, 5.74) is -1.07. The van der Waals surface area contributed by atoms with E-state index in [-0.39, 0.29) is 19.4 Å². The van der Waals surface area contributed by atoms with Gasteiger partial charge in [0.2, 0.25) is 11.8 Å². The predicted octanol–water partition coefficient (Wildman–Crippen LogP) is 3.07. The number of rotatable bonds is 2. The maximum absolute atomic E-state index is 14.0. The van der Waals surface area contributed by atoms with Gasteiger partial charge in [-0.25, -0.2) is 13.2 Å². The van der Waals surface area contributed by atoms with Crippen molar-refractivity contribution in [2.45, 2.75) is 31.6 Å². The molecule has 1 heterocycles. The topological polar surface area (TPSA) is 57.6 Å². The van der Waals surface area contributed by atoms with Crippen LogP contribution in [0.1, 0.15) is 25.7 Å². The SMILES string of the molecule is O=C(O)[C@H]1CC(F)(F)C[C@]2(CCN(c3cccc(F)c3)C2=O)C1. The van der Waals surface area contributed by atoms with Crippen molar-refractivity contribution in [3.63, 3.8) is 0 Å². The fourth-order valence-electron chi connectivity index (χ4n) is 3.78. The number of nitrogens with zero attached hydrogens (tertiary/aromatic N) is 1. The molecule has 23 heavy (non-hydrogen) atoms. The molecule has 0 unspecified atom stereocenters. The second-order valence-electron chi connectivity index (χ2n) is 6.44. The lowest BCUT2D eigenvalue weighted by atomic mass is 9.67. The first-order valence-electron chi connectivity index (χ1n) is 7.41. The zero-order valence-corrected chi connectivity index (χ0v) is 12.3. The van der Waals surface area contributed by atoms with E-state index in [0.29, 0.717) is 5.69 Å².